The molecule has 0 aliphatic heterocycles. The van der Waals surface area contributed by atoms with Crippen LogP contribution in [0.3, 0.4) is 0 Å². The first-order valence-electron chi connectivity index (χ1n) is 15.3. The third-order valence-electron chi connectivity index (χ3n) is 7.28. The van der Waals surface area contributed by atoms with Crippen LogP contribution in [0, 0.1) is 0 Å². The fourth-order valence-electron chi connectivity index (χ4n) is 5.00. The number of anilines is 1. The van der Waals surface area contributed by atoms with Gasteiger partial charge in [0.15, 0.2) is 0 Å². The summed E-state index contributed by atoms with van der Waals surface area (Å²) in [6.07, 6.45) is 0.152. The molecule has 0 saturated heterocycles. The molecule has 1 N–H and O–H groups in total. The van der Waals surface area contributed by atoms with Crippen LogP contribution in [0.5, 0.6) is 5.75 Å². The first-order chi connectivity index (χ1) is 22.7. The van der Waals surface area contributed by atoms with Crippen molar-refractivity contribution in [3.63, 3.8) is 0 Å². The van der Waals surface area contributed by atoms with Gasteiger partial charge in [0.1, 0.15) is 18.3 Å². The number of nitrogens with one attached hydrogen (secondary N) is 1. The molecule has 0 aliphatic carbocycles. The van der Waals surface area contributed by atoms with Gasteiger partial charge in [-0.1, -0.05) is 75.5 Å². The van der Waals surface area contributed by atoms with Gasteiger partial charge in [-0.2, -0.15) is 0 Å². The molecule has 12 heteroatoms. The van der Waals surface area contributed by atoms with Crippen molar-refractivity contribution in [2.75, 3.05) is 17.5 Å². The summed E-state index contributed by atoms with van der Waals surface area (Å²) in [5, 5.41) is 3.62. The molecule has 254 valence electrons. The lowest BCUT2D eigenvalue weighted by atomic mass is 10.0. The van der Waals surface area contributed by atoms with Gasteiger partial charge in [-0.05, 0) is 93.9 Å². The van der Waals surface area contributed by atoms with Crippen molar-refractivity contribution in [3.05, 3.63) is 123 Å². The smallest absolute Gasteiger partial charge is 0.264 e. The van der Waals surface area contributed by atoms with Crippen molar-refractivity contribution in [2.45, 2.75) is 57.1 Å². The van der Waals surface area contributed by atoms with Gasteiger partial charge >= 0.3 is 0 Å². The molecule has 0 unspecified atom stereocenters. The Labute approximate surface area is 301 Å². The summed E-state index contributed by atoms with van der Waals surface area (Å²) in [6, 6.07) is 25.8. The number of nitrogens with zero attached hydrogens (tertiary/aromatic N) is 2. The first-order valence-corrected chi connectivity index (χ1v) is 18.3. The van der Waals surface area contributed by atoms with Gasteiger partial charge in [-0.3, -0.25) is 13.9 Å². The molecule has 4 rings (SSSR count). The van der Waals surface area contributed by atoms with E-state index in [-0.39, 0.29) is 23.5 Å². The molecule has 48 heavy (non-hydrogen) atoms. The number of carbonyl (C=O) groups is 2. The highest BCUT2D eigenvalue weighted by Gasteiger charge is 2.36. The van der Waals surface area contributed by atoms with Crippen LogP contribution in [0.1, 0.15) is 38.8 Å². The molecule has 0 radical (unpaired) electrons. The van der Waals surface area contributed by atoms with Crippen LogP contribution in [0.4, 0.5) is 5.69 Å². The van der Waals surface area contributed by atoms with Crippen molar-refractivity contribution in [2.24, 2.45) is 0 Å². The SMILES string of the molecule is CCOc1ccc(N(CC(=O)N(Cc2c(Cl)cccc2Cl)[C@H](Cc2ccccc2)C(=O)NC(C)(C)C)S(=O)(=O)c2ccc(Br)cc2)cc1. The molecule has 2 amide bonds. The minimum Gasteiger partial charge on any atom is -0.494 e. The molecule has 8 nitrogen and oxygen atoms in total. The standard InChI is InChI=1S/C36H38BrCl2N3O5S/c1-5-47-28-18-16-27(17-19-28)42(48(45,46)29-20-14-26(37)15-21-29)24-34(43)41(23-30-31(38)12-9-13-32(30)39)33(35(44)40-36(2,3)4)22-25-10-7-6-8-11-25/h6-21,33H,5,22-24H2,1-4H3,(H,40,44)/t33-/m1/s1. The van der Waals surface area contributed by atoms with E-state index in [1.54, 1.807) is 54.6 Å². The van der Waals surface area contributed by atoms with Crippen LogP contribution < -0.4 is 14.4 Å². The van der Waals surface area contributed by atoms with E-state index < -0.39 is 40.0 Å². The molecule has 0 heterocycles. The number of halogens is 3. The van der Waals surface area contributed by atoms with Crippen molar-refractivity contribution >= 4 is 66.7 Å². The number of rotatable bonds is 13. The molecular weight excluding hydrogens is 737 g/mol. The van der Waals surface area contributed by atoms with E-state index in [1.807, 2.05) is 58.0 Å². The molecule has 1 atom stereocenters. The monoisotopic (exact) mass is 773 g/mol. The fraction of sp³-hybridized carbons (Fsp3) is 0.278. The maximum absolute atomic E-state index is 14.7. The molecule has 0 bridgehead atoms. The van der Waals surface area contributed by atoms with Gasteiger partial charge in [-0.15, -0.1) is 0 Å². The normalized spacial score (nSPS) is 12.2. The predicted octanol–water partition coefficient (Wildman–Crippen LogP) is 7.90. The summed E-state index contributed by atoms with van der Waals surface area (Å²) < 4.78 is 35.8. The summed E-state index contributed by atoms with van der Waals surface area (Å²) in [7, 11) is -4.28. The van der Waals surface area contributed by atoms with E-state index in [2.05, 4.69) is 21.2 Å². The molecule has 4 aromatic carbocycles. The highest BCUT2D eigenvalue weighted by molar-refractivity contribution is 9.10. The second kappa shape index (κ2) is 16.2. The van der Waals surface area contributed by atoms with Crippen LogP contribution in [0.2, 0.25) is 10.0 Å². The lowest BCUT2D eigenvalue weighted by Crippen LogP contribution is -2.56. The number of carbonyl (C=O) groups excluding carboxylic acids is 2. The number of amides is 2. The topological polar surface area (TPSA) is 96.0 Å². The van der Waals surface area contributed by atoms with Crippen molar-refractivity contribution in [3.8, 4) is 5.75 Å². The predicted molar refractivity (Wildman–Crippen MR) is 195 cm³/mol. The Balaban J connectivity index is 1.85. The minimum atomic E-state index is -4.28. The number of hydrogen-bond donors (Lipinski definition) is 1. The van der Waals surface area contributed by atoms with E-state index in [9.17, 15) is 18.0 Å². The Hall–Kier alpha value is -3.57. The van der Waals surface area contributed by atoms with E-state index in [1.165, 1.54) is 17.0 Å². The molecular formula is C36H38BrCl2N3O5S. The van der Waals surface area contributed by atoms with Crippen LogP contribution in [0.15, 0.2) is 106 Å². The van der Waals surface area contributed by atoms with E-state index in [4.69, 9.17) is 27.9 Å². The molecule has 4 aromatic rings. The Bertz CT molecular complexity index is 1800. The van der Waals surface area contributed by atoms with Crippen LogP contribution in [-0.4, -0.2) is 49.9 Å². The van der Waals surface area contributed by atoms with E-state index in [0.717, 1.165) is 9.87 Å². The van der Waals surface area contributed by atoms with Crippen LogP contribution in [0.25, 0.3) is 0 Å². The third-order valence-corrected chi connectivity index (χ3v) is 10.3. The number of hydrogen-bond acceptors (Lipinski definition) is 5. The van der Waals surface area contributed by atoms with E-state index >= 15 is 0 Å². The van der Waals surface area contributed by atoms with E-state index in [0.29, 0.717) is 32.4 Å². The number of sulfonamides is 1. The van der Waals surface area contributed by atoms with Crippen LogP contribution in [-0.2, 0) is 32.6 Å². The quantitative estimate of drug-likeness (QED) is 0.149. The lowest BCUT2D eigenvalue weighted by Gasteiger charge is -2.35. The molecule has 0 saturated carbocycles. The second-order valence-corrected chi connectivity index (χ2v) is 15.7. The van der Waals surface area contributed by atoms with Gasteiger partial charge < -0.3 is 15.0 Å². The summed E-state index contributed by atoms with van der Waals surface area (Å²) >= 11 is 16.5. The second-order valence-electron chi connectivity index (χ2n) is 12.1. The Morgan fingerprint density at radius 2 is 1.48 bits per heavy atom. The van der Waals surface area contributed by atoms with Gasteiger partial charge in [-0.25, -0.2) is 8.42 Å². The summed E-state index contributed by atoms with van der Waals surface area (Å²) in [5.41, 5.74) is 0.853. The Kier molecular flexibility index (Phi) is 12.6. The average Bonchev–Trinajstić information content (AvgIpc) is 3.03. The number of ether oxygens (including phenoxy) is 1. The minimum absolute atomic E-state index is 0.0144. The summed E-state index contributed by atoms with van der Waals surface area (Å²) in [5.74, 6) is -0.498. The average molecular weight is 776 g/mol. The Morgan fingerprint density at radius 1 is 0.875 bits per heavy atom. The maximum Gasteiger partial charge on any atom is 0.264 e. The maximum atomic E-state index is 14.7. The first kappa shape index (κ1) is 37.3. The van der Waals surface area contributed by atoms with Gasteiger partial charge in [0.25, 0.3) is 10.0 Å². The van der Waals surface area contributed by atoms with Crippen LogP contribution >= 0.6 is 39.1 Å². The van der Waals surface area contributed by atoms with Gasteiger partial charge in [0, 0.05) is 38.6 Å². The molecule has 0 fully saturated rings. The lowest BCUT2D eigenvalue weighted by molar-refractivity contribution is -0.140. The number of benzene rings is 4. The molecule has 0 aromatic heterocycles. The largest absolute Gasteiger partial charge is 0.494 e. The zero-order valence-corrected chi connectivity index (χ0v) is 31.0. The third kappa shape index (κ3) is 9.75. The zero-order chi connectivity index (χ0) is 35.1. The van der Waals surface area contributed by atoms with Gasteiger partial charge in [0.2, 0.25) is 11.8 Å². The fourth-order valence-corrected chi connectivity index (χ4v) is 7.19. The highest BCUT2D eigenvalue weighted by atomic mass is 79.9. The summed E-state index contributed by atoms with van der Waals surface area (Å²) in [6.45, 7) is 7.04. The summed E-state index contributed by atoms with van der Waals surface area (Å²) in [4.78, 5) is 30.1. The molecule has 0 spiro atoms. The highest BCUT2D eigenvalue weighted by Crippen LogP contribution is 2.30. The molecule has 0 aliphatic rings. The zero-order valence-electron chi connectivity index (χ0n) is 27.1. The van der Waals surface area contributed by atoms with Crippen molar-refractivity contribution in [1.82, 2.24) is 10.2 Å². The van der Waals surface area contributed by atoms with Gasteiger partial charge in [0.05, 0.1) is 17.2 Å². The Morgan fingerprint density at radius 3 is 2.04 bits per heavy atom. The van der Waals surface area contributed by atoms with Crippen molar-refractivity contribution < 1.29 is 22.7 Å². The van der Waals surface area contributed by atoms with Crippen molar-refractivity contribution in [1.29, 1.82) is 0 Å².